The Labute approximate surface area is 84.9 Å². The number of hydrogen-bond donors (Lipinski definition) is 2. The lowest BCUT2D eigenvalue weighted by atomic mass is 10.3. The van der Waals surface area contributed by atoms with E-state index < -0.39 is 0 Å². The Morgan fingerprint density at radius 1 is 1.13 bits per heavy atom. The molecule has 2 heterocycles. The van der Waals surface area contributed by atoms with Gasteiger partial charge in [0.2, 0.25) is 5.95 Å². The van der Waals surface area contributed by atoms with E-state index >= 15 is 0 Å². The third kappa shape index (κ3) is 1.41. The zero-order chi connectivity index (χ0) is 10.1. The molecule has 0 bridgehead atoms. The van der Waals surface area contributed by atoms with Crippen LogP contribution in [0.25, 0.3) is 11.0 Å². The summed E-state index contributed by atoms with van der Waals surface area (Å²) >= 11 is 0. The standard InChI is InChI=1S/C9H8N6/c1-2-4-8-7(3-1)12-9(13-8)14-15-5-10-11-6-15/h1-6H,(H2,12,13,14). The van der Waals surface area contributed by atoms with Gasteiger partial charge in [0.05, 0.1) is 11.0 Å². The Bertz CT molecular complexity index is 534. The van der Waals surface area contributed by atoms with Crippen LogP contribution in [0.3, 0.4) is 0 Å². The molecule has 0 radical (unpaired) electrons. The fourth-order valence-corrected chi connectivity index (χ4v) is 1.39. The Kier molecular flexibility index (Phi) is 1.64. The van der Waals surface area contributed by atoms with Crippen LogP contribution in [0.2, 0.25) is 0 Å². The first kappa shape index (κ1) is 7.98. The molecule has 15 heavy (non-hydrogen) atoms. The molecular formula is C9H8N6. The minimum absolute atomic E-state index is 0.663. The molecule has 2 aromatic heterocycles. The second kappa shape index (κ2) is 3.09. The number of aromatic nitrogens is 5. The van der Waals surface area contributed by atoms with E-state index in [2.05, 4.69) is 25.6 Å². The number of aromatic amines is 1. The van der Waals surface area contributed by atoms with Gasteiger partial charge in [0.15, 0.2) is 0 Å². The third-order valence-electron chi connectivity index (χ3n) is 2.04. The van der Waals surface area contributed by atoms with Crippen molar-refractivity contribution < 1.29 is 0 Å². The molecule has 0 unspecified atom stereocenters. The van der Waals surface area contributed by atoms with Gasteiger partial charge in [-0.1, -0.05) is 12.1 Å². The van der Waals surface area contributed by atoms with Crippen LogP contribution in [0.1, 0.15) is 0 Å². The quantitative estimate of drug-likeness (QED) is 0.648. The molecule has 0 amide bonds. The number of H-pyrrole nitrogens is 1. The van der Waals surface area contributed by atoms with Crippen molar-refractivity contribution >= 4 is 17.0 Å². The third-order valence-corrected chi connectivity index (χ3v) is 2.04. The number of nitrogens with zero attached hydrogens (tertiary/aromatic N) is 4. The highest BCUT2D eigenvalue weighted by Crippen LogP contribution is 2.12. The van der Waals surface area contributed by atoms with Gasteiger partial charge in [0.25, 0.3) is 0 Å². The molecule has 3 rings (SSSR count). The first-order valence-electron chi connectivity index (χ1n) is 4.48. The van der Waals surface area contributed by atoms with E-state index in [0.717, 1.165) is 11.0 Å². The zero-order valence-corrected chi connectivity index (χ0v) is 7.75. The van der Waals surface area contributed by atoms with Gasteiger partial charge in [0.1, 0.15) is 12.7 Å². The van der Waals surface area contributed by atoms with Gasteiger partial charge < -0.3 is 4.98 Å². The summed E-state index contributed by atoms with van der Waals surface area (Å²) in [6.07, 6.45) is 3.13. The van der Waals surface area contributed by atoms with Crippen molar-refractivity contribution in [1.29, 1.82) is 0 Å². The van der Waals surface area contributed by atoms with E-state index in [1.54, 1.807) is 17.3 Å². The second-order valence-corrected chi connectivity index (χ2v) is 3.08. The maximum Gasteiger partial charge on any atom is 0.220 e. The highest BCUT2D eigenvalue weighted by molar-refractivity contribution is 5.77. The van der Waals surface area contributed by atoms with Gasteiger partial charge >= 0.3 is 0 Å². The summed E-state index contributed by atoms with van der Waals surface area (Å²) in [5.74, 6) is 0.663. The van der Waals surface area contributed by atoms with Crippen LogP contribution in [0.4, 0.5) is 5.95 Å². The fourth-order valence-electron chi connectivity index (χ4n) is 1.39. The van der Waals surface area contributed by atoms with Crippen LogP contribution >= 0.6 is 0 Å². The molecule has 3 aromatic rings. The van der Waals surface area contributed by atoms with Crippen molar-refractivity contribution in [3.05, 3.63) is 36.9 Å². The van der Waals surface area contributed by atoms with Crippen molar-refractivity contribution in [3.8, 4) is 0 Å². The molecule has 1 aromatic carbocycles. The Morgan fingerprint density at radius 3 is 2.73 bits per heavy atom. The van der Waals surface area contributed by atoms with Gasteiger partial charge in [-0.05, 0) is 12.1 Å². The highest BCUT2D eigenvalue weighted by atomic mass is 15.5. The summed E-state index contributed by atoms with van der Waals surface area (Å²) in [7, 11) is 0. The summed E-state index contributed by atoms with van der Waals surface area (Å²) in [6.45, 7) is 0. The van der Waals surface area contributed by atoms with E-state index in [0.29, 0.717) is 5.95 Å². The molecule has 0 saturated carbocycles. The van der Waals surface area contributed by atoms with Crippen LogP contribution in [-0.2, 0) is 0 Å². The number of anilines is 1. The lowest BCUT2D eigenvalue weighted by Crippen LogP contribution is -2.07. The summed E-state index contributed by atoms with van der Waals surface area (Å²) in [4.78, 5) is 7.48. The molecule has 0 saturated heterocycles. The molecule has 74 valence electrons. The molecule has 2 N–H and O–H groups in total. The SMILES string of the molecule is c1ccc2[nH]c(Nn3cnnc3)nc2c1. The summed E-state index contributed by atoms with van der Waals surface area (Å²) < 4.78 is 1.62. The monoisotopic (exact) mass is 200 g/mol. The minimum Gasteiger partial charge on any atom is -0.323 e. The van der Waals surface area contributed by atoms with Crippen LogP contribution in [0.5, 0.6) is 0 Å². The molecule has 0 aliphatic rings. The summed E-state index contributed by atoms with van der Waals surface area (Å²) in [5, 5.41) is 7.36. The Balaban J connectivity index is 1.98. The summed E-state index contributed by atoms with van der Waals surface area (Å²) in [6, 6.07) is 7.83. The zero-order valence-electron chi connectivity index (χ0n) is 7.75. The van der Waals surface area contributed by atoms with E-state index in [1.807, 2.05) is 24.3 Å². The predicted molar refractivity (Wildman–Crippen MR) is 55.1 cm³/mol. The molecule has 0 aliphatic carbocycles. The first-order valence-corrected chi connectivity index (χ1v) is 4.48. The molecule has 6 nitrogen and oxygen atoms in total. The molecular weight excluding hydrogens is 192 g/mol. The number of hydrogen-bond acceptors (Lipinski definition) is 4. The van der Waals surface area contributed by atoms with E-state index in [9.17, 15) is 0 Å². The van der Waals surface area contributed by atoms with E-state index in [1.165, 1.54) is 0 Å². The molecule has 0 fully saturated rings. The Hall–Kier alpha value is -2.37. The number of fused-ring (bicyclic) bond motifs is 1. The molecule has 0 atom stereocenters. The smallest absolute Gasteiger partial charge is 0.220 e. The van der Waals surface area contributed by atoms with Gasteiger partial charge in [-0.2, -0.15) is 0 Å². The second-order valence-electron chi connectivity index (χ2n) is 3.08. The average Bonchev–Trinajstić information content (AvgIpc) is 2.86. The average molecular weight is 200 g/mol. The topological polar surface area (TPSA) is 71.4 Å². The maximum atomic E-state index is 4.34. The summed E-state index contributed by atoms with van der Waals surface area (Å²) in [5.41, 5.74) is 4.92. The normalized spacial score (nSPS) is 10.7. The van der Waals surface area contributed by atoms with Gasteiger partial charge in [-0.3, -0.25) is 5.43 Å². The van der Waals surface area contributed by atoms with Crippen LogP contribution in [-0.4, -0.2) is 24.8 Å². The number of benzene rings is 1. The minimum atomic E-state index is 0.663. The van der Waals surface area contributed by atoms with Crippen molar-refractivity contribution in [2.45, 2.75) is 0 Å². The largest absolute Gasteiger partial charge is 0.323 e. The van der Waals surface area contributed by atoms with Crippen LogP contribution in [0.15, 0.2) is 36.9 Å². The fraction of sp³-hybridized carbons (Fsp3) is 0. The highest BCUT2D eigenvalue weighted by Gasteiger charge is 2.00. The van der Waals surface area contributed by atoms with E-state index in [-0.39, 0.29) is 0 Å². The Morgan fingerprint density at radius 2 is 1.93 bits per heavy atom. The first-order chi connectivity index (χ1) is 7.42. The van der Waals surface area contributed by atoms with Crippen molar-refractivity contribution in [1.82, 2.24) is 24.8 Å². The van der Waals surface area contributed by atoms with Crippen molar-refractivity contribution in [2.75, 3.05) is 5.43 Å². The predicted octanol–water partition coefficient (Wildman–Crippen LogP) is 1.03. The van der Waals surface area contributed by atoms with Gasteiger partial charge in [0, 0.05) is 0 Å². The number of para-hydroxylation sites is 2. The molecule has 0 aliphatic heterocycles. The lowest BCUT2D eigenvalue weighted by Gasteiger charge is -1.99. The van der Waals surface area contributed by atoms with Crippen LogP contribution in [0, 0.1) is 0 Å². The molecule has 0 spiro atoms. The number of imidazole rings is 1. The maximum absolute atomic E-state index is 4.34. The van der Waals surface area contributed by atoms with Gasteiger partial charge in [-0.25, -0.2) is 9.66 Å². The lowest BCUT2D eigenvalue weighted by molar-refractivity contribution is 0.927. The van der Waals surface area contributed by atoms with Crippen LogP contribution < -0.4 is 5.43 Å². The van der Waals surface area contributed by atoms with E-state index in [4.69, 9.17) is 0 Å². The number of rotatable bonds is 2. The molecule has 6 heteroatoms. The number of nitrogens with one attached hydrogen (secondary N) is 2. The van der Waals surface area contributed by atoms with Gasteiger partial charge in [-0.15, -0.1) is 10.2 Å². The van der Waals surface area contributed by atoms with Crippen molar-refractivity contribution in [3.63, 3.8) is 0 Å². The van der Waals surface area contributed by atoms with Crippen molar-refractivity contribution in [2.24, 2.45) is 0 Å².